The molecule has 0 amide bonds. The van der Waals surface area contributed by atoms with E-state index in [0.29, 0.717) is 11.4 Å². The van der Waals surface area contributed by atoms with Gasteiger partial charge in [-0.15, -0.1) is 0 Å². The van der Waals surface area contributed by atoms with E-state index >= 15 is 0 Å². The van der Waals surface area contributed by atoms with Crippen molar-refractivity contribution in [3.8, 4) is 0 Å². The van der Waals surface area contributed by atoms with Gasteiger partial charge in [-0.05, 0) is 13.8 Å². The number of aromatic nitrogens is 4. The predicted octanol–water partition coefficient (Wildman–Crippen LogP) is 2.32. The highest BCUT2D eigenvalue weighted by Crippen LogP contribution is 2.25. The molecule has 0 bridgehead atoms. The lowest BCUT2D eigenvalue weighted by molar-refractivity contribution is 0.0263. The van der Waals surface area contributed by atoms with Gasteiger partial charge in [-0.3, -0.25) is 5.10 Å². The van der Waals surface area contributed by atoms with Crippen LogP contribution >= 0.6 is 0 Å². The van der Waals surface area contributed by atoms with Gasteiger partial charge in [-0.25, -0.2) is 4.79 Å². The molecule has 20 heavy (non-hydrogen) atoms. The van der Waals surface area contributed by atoms with Crippen molar-refractivity contribution in [1.29, 1.82) is 0 Å². The third-order valence-electron chi connectivity index (χ3n) is 2.78. The number of ether oxygens (including phenoxy) is 1. The second kappa shape index (κ2) is 5.07. The fourth-order valence-corrected chi connectivity index (χ4v) is 1.77. The van der Waals surface area contributed by atoms with Crippen LogP contribution in [0.5, 0.6) is 0 Å². The highest BCUT2D eigenvalue weighted by Gasteiger charge is 2.27. The lowest BCUT2D eigenvalue weighted by atomic mass is 9.89. The highest BCUT2D eigenvalue weighted by molar-refractivity contribution is 5.90. The molecule has 7 heteroatoms. The Morgan fingerprint density at radius 1 is 1.45 bits per heavy atom. The topological polar surface area (TPSA) is 93.9 Å². The van der Waals surface area contributed by atoms with Crippen molar-refractivity contribution in [1.82, 2.24) is 20.3 Å². The van der Waals surface area contributed by atoms with Crippen LogP contribution in [-0.2, 0) is 10.2 Å². The fraction of sp³-hybridized carbons (Fsp3) is 0.538. The summed E-state index contributed by atoms with van der Waals surface area (Å²) in [5.74, 6) is 0.310. The minimum absolute atomic E-state index is 0.227. The number of carbonyl (C=O) groups excluding carboxylic acids is 1. The Kier molecular flexibility index (Phi) is 3.61. The molecule has 0 unspecified atom stereocenters. The summed E-state index contributed by atoms with van der Waals surface area (Å²) in [4.78, 5) is 16.2. The van der Waals surface area contributed by atoms with Crippen LogP contribution in [0.4, 0.5) is 0 Å². The van der Waals surface area contributed by atoms with Crippen LogP contribution in [0.15, 0.2) is 10.7 Å². The molecule has 0 aliphatic heterocycles. The summed E-state index contributed by atoms with van der Waals surface area (Å²) in [5, 5.41) is 10.4. The number of hydrogen-bond donors (Lipinski definition) is 1. The quantitative estimate of drug-likeness (QED) is 0.866. The van der Waals surface area contributed by atoms with Gasteiger partial charge in [0.25, 0.3) is 5.89 Å². The summed E-state index contributed by atoms with van der Waals surface area (Å²) in [6.45, 7) is 9.35. The maximum atomic E-state index is 12.2. The molecule has 2 rings (SSSR count). The first-order valence-corrected chi connectivity index (χ1v) is 6.34. The Hall–Kier alpha value is -2.18. The first-order valence-electron chi connectivity index (χ1n) is 6.34. The number of rotatable bonds is 3. The van der Waals surface area contributed by atoms with E-state index in [4.69, 9.17) is 9.26 Å². The van der Waals surface area contributed by atoms with Gasteiger partial charge in [0, 0.05) is 5.41 Å². The third-order valence-corrected chi connectivity index (χ3v) is 2.78. The summed E-state index contributed by atoms with van der Waals surface area (Å²) in [6.07, 6.45) is 0.862. The van der Waals surface area contributed by atoms with E-state index in [1.807, 2.05) is 20.8 Å². The van der Waals surface area contributed by atoms with Crippen molar-refractivity contribution < 1.29 is 14.1 Å². The summed E-state index contributed by atoms with van der Waals surface area (Å²) >= 11 is 0. The number of H-pyrrole nitrogens is 1. The lowest BCUT2D eigenvalue weighted by Crippen LogP contribution is -2.18. The van der Waals surface area contributed by atoms with Crippen molar-refractivity contribution in [2.75, 3.05) is 0 Å². The van der Waals surface area contributed by atoms with Gasteiger partial charge in [0.2, 0.25) is 0 Å². The highest BCUT2D eigenvalue weighted by atomic mass is 16.6. The molecule has 0 aliphatic rings. The van der Waals surface area contributed by atoms with Gasteiger partial charge in [-0.2, -0.15) is 10.1 Å². The molecule has 2 aromatic rings. The van der Waals surface area contributed by atoms with Gasteiger partial charge in [0.05, 0.1) is 11.9 Å². The molecule has 2 heterocycles. The summed E-state index contributed by atoms with van der Waals surface area (Å²) in [7, 11) is 0. The Balaban J connectivity index is 2.15. The van der Waals surface area contributed by atoms with Crippen molar-refractivity contribution >= 4 is 5.97 Å². The van der Waals surface area contributed by atoms with Crippen LogP contribution < -0.4 is 0 Å². The predicted molar refractivity (Wildman–Crippen MR) is 70.2 cm³/mol. The van der Waals surface area contributed by atoms with Crippen LogP contribution in [0.1, 0.15) is 61.6 Å². The Morgan fingerprint density at radius 3 is 2.70 bits per heavy atom. The molecule has 1 N–H and O–H groups in total. The molecule has 0 radical (unpaired) electrons. The number of hydrogen-bond acceptors (Lipinski definition) is 6. The zero-order valence-corrected chi connectivity index (χ0v) is 12.2. The van der Waals surface area contributed by atoms with E-state index in [1.165, 1.54) is 6.20 Å². The van der Waals surface area contributed by atoms with E-state index in [0.717, 1.165) is 5.69 Å². The van der Waals surface area contributed by atoms with Crippen molar-refractivity contribution in [3.05, 3.63) is 29.2 Å². The molecule has 2 aromatic heterocycles. The lowest BCUT2D eigenvalue weighted by Gasteiger charge is -2.18. The summed E-state index contributed by atoms with van der Waals surface area (Å²) < 4.78 is 10.3. The van der Waals surface area contributed by atoms with E-state index in [-0.39, 0.29) is 11.3 Å². The van der Waals surface area contributed by atoms with Crippen LogP contribution in [0.25, 0.3) is 0 Å². The van der Waals surface area contributed by atoms with E-state index in [1.54, 1.807) is 13.8 Å². The van der Waals surface area contributed by atoms with E-state index < -0.39 is 12.1 Å². The Labute approximate surface area is 116 Å². The van der Waals surface area contributed by atoms with Crippen LogP contribution in [0, 0.1) is 6.92 Å². The standard InChI is InChI=1S/C13H18N4O3/c1-7(11-15-8(2)17-20-11)19-12(18)9-6-14-16-10(9)13(3,4)5/h6-7H,1-5H3,(H,14,16)/t7-/m0/s1. The van der Waals surface area contributed by atoms with Crippen molar-refractivity contribution in [2.45, 2.75) is 46.1 Å². The van der Waals surface area contributed by atoms with Gasteiger partial charge < -0.3 is 9.26 Å². The Bertz CT molecular complexity index is 609. The molecular formula is C13H18N4O3. The molecule has 0 saturated heterocycles. The summed E-state index contributed by atoms with van der Waals surface area (Å²) in [6, 6.07) is 0. The number of aromatic amines is 1. The van der Waals surface area contributed by atoms with Gasteiger partial charge in [-0.1, -0.05) is 25.9 Å². The van der Waals surface area contributed by atoms with E-state index in [2.05, 4.69) is 20.3 Å². The Morgan fingerprint density at radius 2 is 2.15 bits per heavy atom. The molecule has 0 spiro atoms. The average molecular weight is 278 g/mol. The number of esters is 1. The molecule has 0 saturated carbocycles. The number of aryl methyl sites for hydroxylation is 1. The largest absolute Gasteiger partial charge is 0.449 e. The molecule has 108 valence electrons. The zero-order chi connectivity index (χ0) is 14.9. The second-order valence-corrected chi connectivity index (χ2v) is 5.64. The number of carbonyl (C=O) groups is 1. The van der Waals surface area contributed by atoms with Crippen LogP contribution in [-0.4, -0.2) is 26.3 Å². The summed E-state index contributed by atoms with van der Waals surface area (Å²) in [5.41, 5.74) is 0.923. The normalized spacial score (nSPS) is 13.2. The first-order chi connectivity index (χ1) is 9.29. The molecule has 0 fully saturated rings. The molecular weight excluding hydrogens is 260 g/mol. The smallest absolute Gasteiger partial charge is 0.342 e. The van der Waals surface area contributed by atoms with Gasteiger partial charge in [0.15, 0.2) is 11.9 Å². The fourth-order valence-electron chi connectivity index (χ4n) is 1.77. The van der Waals surface area contributed by atoms with Crippen molar-refractivity contribution in [2.24, 2.45) is 0 Å². The third kappa shape index (κ3) is 2.87. The van der Waals surface area contributed by atoms with Crippen LogP contribution in [0.3, 0.4) is 0 Å². The molecule has 1 atom stereocenters. The monoisotopic (exact) mass is 278 g/mol. The first kappa shape index (κ1) is 14.2. The van der Waals surface area contributed by atoms with Crippen LogP contribution in [0.2, 0.25) is 0 Å². The second-order valence-electron chi connectivity index (χ2n) is 5.64. The molecule has 0 aliphatic carbocycles. The molecule has 0 aromatic carbocycles. The van der Waals surface area contributed by atoms with E-state index in [9.17, 15) is 4.79 Å². The van der Waals surface area contributed by atoms with Gasteiger partial charge in [0.1, 0.15) is 5.56 Å². The number of nitrogens with zero attached hydrogens (tertiary/aromatic N) is 3. The van der Waals surface area contributed by atoms with Crippen molar-refractivity contribution in [3.63, 3.8) is 0 Å². The average Bonchev–Trinajstić information content (AvgIpc) is 2.95. The zero-order valence-electron chi connectivity index (χ0n) is 12.2. The molecule has 7 nitrogen and oxygen atoms in total. The maximum Gasteiger partial charge on any atom is 0.342 e. The number of nitrogens with one attached hydrogen (secondary N) is 1. The minimum atomic E-state index is -0.605. The SMILES string of the molecule is Cc1noc([C@H](C)OC(=O)c2cn[nH]c2C(C)(C)C)n1. The van der Waals surface area contributed by atoms with Gasteiger partial charge >= 0.3 is 5.97 Å². The maximum absolute atomic E-state index is 12.2. The minimum Gasteiger partial charge on any atom is -0.449 e.